The first-order valence-electron chi connectivity index (χ1n) is 17.8. The van der Waals surface area contributed by atoms with Crippen molar-refractivity contribution in [1.29, 1.82) is 0 Å². The van der Waals surface area contributed by atoms with Gasteiger partial charge in [-0.05, 0) is 141 Å². The maximum absolute atomic E-state index is 10.5. The van der Waals surface area contributed by atoms with E-state index in [4.69, 9.17) is 0 Å². The molecule has 0 aliphatic heterocycles. The summed E-state index contributed by atoms with van der Waals surface area (Å²) in [6.45, 7) is 0. The van der Waals surface area contributed by atoms with Gasteiger partial charge in [0, 0.05) is 39.4 Å². The van der Waals surface area contributed by atoms with Gasteiger partial charge in [-0.1, -0.05) is 84.9 Å². The van der Waals surface area contributed by atoms with Crippen molar-refractivity contribution in [2.75, 3.05) is 4.90 Å². The van der Waals surface area contributed by atoms with Gasteiger partial charge in [0.1, 0.15) is 11.5 Å². The quantitative estimate of drug-likeness (QED) is 0.179. The summed E-state index contributed by atoms with van der Waals surface area (Å²) in [5.41, 5.74) is 10.1. The number of fused-ring (bicyclic) bond motifs is 9. The van der Waals surface area contributed by atoms with Crippen LogP contribution in [0.15, 0.2) is 164 Å². The van der Waals surface area contributed by atoms with E-state index < -0.39 is 0 Å². The van der Waals surface area contributed by atoms with Crippen LogP contribution in [0.5, 0.6) is 11.5 Å². The molecule has 0 saturated carbocycles. The highest BCUT2D eigenvalue weighted by Gasteiger charge is 2.23. The van der Waals surface area contributed by atoms with E-state index in [1.165, 1.54) is 54.7 Å². The Kier molecular flexibility index (Phi) is 6.90. The summed E-state index contributed by atoms with van der Waals surface area (Å²) in [6.07, 6.45) is 4.12. The normalized spacial score (nSPS) is 12.7. The maximum atomic E-state index is 10.5. The number of phenols is 2. The number of benzene rings is 8. The van der Waals surface area contributed by atoms with E-state index in [2.05, 4.69) is 131 Å². The summed E-state index contributed by atoms with van der Waals surface area (Å²) in [7, 11) is 0. The molecule has 4 nitrogen and oxygen atoms in total. The molecule has 0 atom stereocenters. The molecule has 9 aromatic rings. The highest BCUT2D eigenvalue weighted by Crippen LogP contribution is 2.43. The molecule has 0 spiro atoms. The third-order valence-electron chi connectivity index (χ3n) is 10.6. The maximum Gasteiger partial charge on any atom is 0.116 e. The molecule has 1 heterocycles. The number of hydrogen-bond acceptors (Lipinski definition) is 3. The molecule has 1 aliphatic carbocycles. The highest BCUT2D eigenvalue weighted by molar-refractivity contribution is 6.25. The van der Waals surface area contributed by atoms with Crippen molar-refractivity contribution in [3.63, 3.8) is 0 Å². The van der Waals surface area contributed by atoms with Gasteiger partial charge in [0.25, 0.3) is 0 Å². The first-order valence-corrected chi connectivity index (χ1v) is 17.8. The van der Waals surface area contributed by atoms with Crippen LogP contribution in [0.3, 0.4) is 0 Å². The molecule has 0 unspecified atom stereocenters. The topological polar surface area (TPSA) is 48.6 Å². The molecule has 0 radical (unpaired) electrons. The van der Waals surface area contributed by atoms with Crippen molar-refractivity contribution >= 4 is 71.9 Å². The molecule has 0 bridgehead atoms. The van der Waals surface area contributed by atoms with Crippen LogP contribution in [0.4, 0.5) is 17.1 Å². The first-order chi connectivity index (χ1) is 25.6. The lowest BCUT2D eigenvalue weighted by molar-refractivity contribution is 0.475. The first kappa shape index (κ1) is 30.1. The third-order valence-corrected chi connectivity index (χ3v) is 10.6. The Bertz CT molecular complexity index is 2810. The van der Waals surface area contributed by atoms with Gasteiger partial charge in [0.2, 0.25) is 0 Å². The molecular formula is C48H34N2O2. The number of nitrogens with zero attached hydrogens (tertiary/aromatic N) is 2. The fourth-order valence-electron chi connectivity index (χ4n) is 8.27. The van der Waals surface area contributed by atoms with Crippen molar-refractivity contribution in [3.8, 4) is 17.2 Å². The zero-order chi connectivity index (χ0) is 34.8. The van der Waals surface area contributed by atoms with Gasteiger partial charge in [-0.25, -0.2) is 0 Å². The number of hydrogen-bond donors (Lipinski definition) is 2. The van der Waals surface area contributed by atoms with Crippen LogP contribution in [0.1, 0.15) is 23.2 Å². The Hall–Kier alpha value is -6.78. The van der Waals surface area contributed by atoms with Gasteiger partial charge < -0.3 is 19.7 Å². The lowest BCUT2D eigenvalue weighted by Crippen LogP contribution is -2.10. The zero-order valence-corrected chi connectivity index (χ0v) is 28.4. The van der Waals surface area contributed by atoms with Crippen molar-refractivity contribution in [2.45, 2.75) is 12.8 Å². The number of para-hydroxylation sites is 1. The summed E-state index contributed by atoms with van der Waals surface area (Å²) >= 11 is 0. The molecule has 1 aromatic heterocycles. The summed E-state index contributed by atoms with van der Waals surface area (Å²) < 4.78 is 2.34. The number of anilines is 3. The summed E-state index contributed by atoms with van der Waals surface area (Å²) in [5, 5.41) is 29.2. The molecule has 10 rings (SSSR count). The Morgan fingerprint density at radius 2 is 1.00 bits per heavy atom. The fourth-order valence-corrected chi connectivity index (χ4v) is 8.27. The number of allylic oxidation sites excluding steroid dienone is 1. The van der Waals surface area contributed by atoms with Gasteiger partial charge in [0.05, 0.1) is 5.52 Å². The molecule has 0 saturated heterocycles. The molecule has 248 valence electrons. The average molecular weight is 671 g/mol. The van der Waals surface area contributed by atoms with E-state index in [1.807, 2.05) is 30.3 Å². The number of rotatable bonds is 5. The van der Waals surface area contributed by atoms with Crippen molar-refractivity contribution in [1.82, 2.24) is 4.57 Å². The van der Waals surface area contributed by atoms with E-state index in [0.29, 0.717) is 0 Å². The molecule has 0 amide bonds. The number of aromatic hydroxyl groups is 2. The smallest absolute Gasteiger partial charge is 0.116 e. The van der Waals surface area contributed by atoms with E-state index in [0.717, 1.165) is 46.5 Å². The Morgan fingerprint density at radius 3 is 1.67 bits per heavy atom. The average Bonchev–Trinajstić information content (AvgIpc) is 3.52. The second kappa shape index (κ2) is 11.9. The molecule has 8 aromatic carbocycles. The van der Waals surface area contributed by atoms with Crippen LogP contribution < -0.4 is 4.90 Å². The van der Waals surface area contributed by atoms with Crippen molar-refractivity contribution < 1.29 is 10.2 Å². The second-order valence-corrected chi connectivity index (χ2v) is 13.6. The van der Waals surface area contributed by atoms with Crippen LogP contribution in [0.25, 0.3) is 60.6 Å². The van der Waals surface area contributed by atoms with Gasteiger partial charge in [-0.15, -0.1) is 0 Å². The number of phenolic OH excluding ortho intramolecular Hbond substituents is 2. The van der Waals surface area contributed by atoms with Gasteiger partial charge >= 0.3 is 0 Å². The predicted octanol–water partition coefficient (Wildman–Crippen LogP) is 12.5. The lowest BCUT2D eigenvalue weighted by atomic mass is 9.91. The van der Waals surface area contributed by atoms with E-state index in [1.54, 1.807) is 18.2 Å². The van der Waals surface area contributed by atoms with Crippen LogP contribution in [0, 0.1) is 0 Å². The van der Waals surface area contributed by atoms with Gasteiger partial charge in [0.15, 0.2) is 0 Å². The molecule has 4 heteroatoms. The molecule has 1 aliphatic rings. The molecule has 0 fully saturated rings. The van der Waals surface area contributed by atoms with Crippen LogP contribution in [0.2, 0.25) is 0 Å². The Morgan fingerprint density at radius 1 is 0.442 bits per heavy atom. The minimum Gasteiger partial charge on any atom is -0.508 e. The lowest BCUT2D eigenvalue weighted by Gasteiger charge is -2.27. The zero-order valence-electron chi connectivity index (χ0n) is 28.4. The summed E-state index contributed by atoms with van der Waals surface area (Å²) in [4.78, 5) is 2.26. The van der Waals surface area contributed by atoms with E-state index >= 15 is 0 Å². The van der Waals surface area contributed by atoms with Crippen LogP contribution in [-0.4, -0.2) is 14.8 Å². The van der Waals surface area contributed by atoms with Gasteiger partial charge in [-0.3, -0.25) is 0 Å². The van der Waals surface area contributed by atoms with Crippen LogP contribution in [-0.2, 0) is 6.42 Å². The Balaban J connectivity index is 1.09. The number of aromatic nitrogens is 1. The van der Waals surface area contributed by atoms with E-state index in [-0.39, 0.29) is 11.5 Å². The fraction of sp³-hybridized carbons (Fsp3) is 0.0417. The monoisotopic (exact) mass is 670 g/mol. The van der Waals surface area contributed by atoms with E-state index in [9.17, 15) is 10.2 Å². The molecular weight excluding hydrogens is 637 g/mol. The van der Waals surface area contributed by atoms with Crippen molar-refractivity contribution in [3.05, 3.63) is 181 Å². The standard InChI is InChI=1S/C48H34N2O2/c51-37-22-19-35(20-23-37)49(36-21-25-43-41-12-5-4-10-39(41)40-11-6-7-13-42(40)44(43)29-36)34-17-14-31(15-18-34)32-16-26-47-45(28-32)46-30-38(52)24-27-48(46)50(47)33-8-2-1-3-9-33/h1-15,17-25,27-30,51-52H,16,26H2. The minimum atomic E-state index is 0.237. The van der Waals surface area contributed by atoms with Crippen molar-refractivity contribution in [2.24, 2.45) is 0 Å². The third kappa shape index (κ3) is 4.84. The van der Waals surface area contributed by atoms with Gasteiger partial charge in [-0.2, -0.15) is 0 Å². The molecule has 52 heavy (non-hydrogen) atoms. The SMILES string of the molecule is Oc1ccc(N(c2ccc(C3=Cc4c(n(-c5ccccc5)c5ccc(O)cc45)CC3)cc2)c2ccc3c4ccccc4c4ccccc4c3c2)cc1. The second-order valence-electron chi connectivity index (χ2n) is 13.6. The largest absolute Gasteiger partial charge is 0.508 e. The highest BCUT2D eigenvalue weighted by atomic mass is 16.3. The van der Waals surface area contributed by atoms with Crippen LogP contribution >= 0.6 is 0 Å². The summed E-state index contributed by atoms with van der Waals surface area (Å²) in [6, 6.07) is 56.5. The predicted molar refractivity (Wildman–Crippen MR) is 216 cm³/mol. The Labute approximate surface area is 301 Å². The summed E-state index contributed by atoms with van der Waals surface area (Å²) in [5.74, 6) is 0.509. The molecule has 2 N–H and O–H groups in total. The minimum absolute atomic E-state index is 0.237.